The van der Waals surface area contributed by atoms with Gasteiger partial charge in [-0.2, -0.15) is 5.10 Å². The Kier molecular flexibility index (Phi) is 4.46. The standard InChI is InChI=1S/C19H17BrN4O2/c20-14-6-4-13(5-7-14)18-17-3-1-2-12-21-19(17)23(22-18)15-8-10-16(11-9-15)24(25)26/h4-11,21H,1-3,12H2. The SMILES string of the molecule is O=[N+]([O-])c1ccc(-n2nc(-c3ccc(Br)cc3)c3c2NCCCC3)cc1. The average Bonchev–Trinajstić information content (AvgIpc) is 2.84. The van der Waals surface area contributed by atoms with Gasteiger partial charge in [0.05, 0.1) is 16.3 Å². The van der Waals surface area contributed by atoms with Crippen molar-refractivity contribution < 1.29 is 4.92 Å². The molecule has 132 valence electrons. The maximum Gasteiger partial charge on any atom is 0.269 e. The lowest BCUT2D eigenvalue weighted by Crippen LogP contribution is -2.07. The van der Waals surface area contributed by atoms with Gasteiger partial charge in [0.1, 0.15) is 5.82 Å². The molecule has 2 heterocycles. The third-order valence-corrected chi connectivity index (χ3v) is 5.08. The molecule has 0 saturated heterocycles. The first-order chi connectivity index (χ1) is 12.6. The monoisotopic (exact) mass is 412 g/mol. The van der Waals surface area contributed by atoms with Crippen LogP contribution in [0.5, 0.6) is 0 Å². The first-order valence-corrected chi connectivity index (χ1v) is 9.29. The second kappa shape index (κ2) is 6.92. The number of hydrogen-bond donors (Lipinski definition) is 1. The van der Waals surface area contributed by atoms with E-state index in [1.807, 2.05) is 16.8 Å². The third-order valence-electron chi connectivity index (χ3n) is 4.55. The maximum absolute atomic E-state index is 10.9. The van der Waals surface area contributed by atoms with E-state index in [-0.39, 0.29) is 10.6 Å². The number of hydrogen-bond acceptors (Lipinski definition) is 4. The van der Waals surface area contributed by atoms with Crippen LogP contribution in [0.4, 0.5) is 11.5 Å². The fourth-order valence-electron chi connectivity index (χ4n) is 3.24. The molecule has 2 aromatic carbocycles. The molecule has 1 aliphatic heterocycles. The van der Waals surface area contributed by atoms with E-state index in [0.29, 0.717) is 0 Å². The number of nitro groups is 1. The first-order valence-electron chi connectivity index (χ1n) is 8.50. The second-order valence-electron chi connectivity index (χ2n) is 6.25. The molecular weight excluding hydrogens is 396 g/mol. The van der Waals surface area contributed by atoms with Crippen LogP contribution in [-0.4, -0.2) is 21.2 Å². The van der Waals surface area contributed by atoms with Gasteiger partial charge in [-0.15, -0.1) is 0 Å². The summed E-state index contributed by atoms with van der Waals surface area (Å²) in [7, 11) is 0. The number of nitro benzene ring substituents is 1. The van der Waals surface area contributed by atoms with Crippen molar-refractivity contribution in [2.75, 3.05) is 11.9 Å². The van der Waals surface area contributed by atoms with Crippen LogP contribution in [0.1, 0.15) is 18.4 Å². The molecule has 0 unspecified atom stereocenters. The Morgan fingerprint density at radius 1 is 1.08 bits per heavy atom. The number of non-ortho nitro benzene ring substituents is 1. The molecule has 26 heavy (non-hydrogen) atoms. The van der Waals surface area contributed by atoms with Crippen molar-refractivity contribution in [2.24, 2.45) is 0 Å². The van der Waals surface area contributed by atoms with Crippen LogP contribution in [0.15, 0.2) is 53.0 Å². The van der Waals surface area contributed by atoms with Crippen LogP contribution < -0.4 is 5.32 Å². The molecule has 0 aliphatic carbocycles. The minimum absolute atomic E-state index is 0.0769. The quantitative estimate of drug-likeness (QED) is 0.487. The second-order valence-corrected chi connectivity index (χ2v) is 7.17. The number of anilines is 1. The maximum atomic E-state index is 10.9. The van der Waals surface area contributed by atoms with Gasteiger partial charge < -0.3 is 5.32 Å². The average molecular weight is 413 g/mol. The van der Waals surface area contributed by atoms with Gasteiger partial charge in [0.2, 0.25) is 0 Å². The highest BCUT2D eigenvalue weighted by Crippen LogP contribution is 2.34. The molecule has 0 atom stereocenters. The van der Waals surface area contributed by atoms with Crippen molar-refractivity contribution in [1.29, 1.82) is 0 Å². The Morgan fingerprint density at radius 2 is 1.81 bits per heavy atom. The van der Waals surface area contributed by atoms with E-state index in [9.17, 15) is 10.1 Å². The molecule has 0 fully saturated rings. The number of nitrogens with zero attached hydrogens (tertiary/aromatic N) is 3. The highest BCUT2D eigenvalue weighted by molar-refractivity contribution is 9.10. The van der Waals surface area contributed by atoms with Crippen molar-refractivity contribution in [2.45, 2.75) is 19.3 Å². The van der Waals surface area contributed by atoms with Gasteiger partial charge in [0.15, 0.2) is 0 Å². The molecule has 7 heteroatoms. The minimum Gasteiger partial charge on any atom is -0.370 e. The van der Waals surface area contributed by atoms with Gasteiger partial charge in [0.25, 0.3) is 5.69 Å². The zero-order chi connectivity index (χ0) is 18.1. The van der Waals surface area contributed by atoms with Gasteiger partial charge >= 0.3 is 0 Å². The predicted octanol–water partition coefficient (Wildman–Crippen LogP) is 4.96. The number of rotatable bonds is 3. The van der Waals surface area contributed by atoms with Crippen LogP contribution in [0.25, 0.3) is 16.9 Å². The molecule has 0 spiro atoms. The normalized spacial score (nSPS) is 13.6. The number of fused-ring (bicyclic) bond motifs is 1. The van der Waals surface area contributed by atoms with E-state index in [1.54, 1.807) is 12.1 Å². The summed E-state index contributed by atoms with van der Waals surface area (Å²) < 4.78 is 2.89. The number of nitrogens with one attached hydrogen (secondary N) is 1. The Labute approximate surface area is 159 Å². The Hall–Kier alpha value is -2.67. The largest absolute Gasteiger partial charge is 0.370 e. The van der Waals surface area contributed by atoms with E-state index >= 15 is 0 Å². The Morgan fingerprint density at radius 3 is 2.50 bits per heavy atom. The van der Waals surface area contributed by atoms with Gasteiger partial charge in [-0.1, -0.05) is 28.1 Å². The molecule has 0 bridgehead atoms. The molecule has 4 rings (SSSR count). The molecule has 0 amide bonds. The first kappa shape index (κ1) is 16.8. The van der Waals surface area contributed by atoms with Gasteiger partial charge in [-0.05, 0) is 43.5 Å². The van der Waals surface area contributed by atoms with Crippen molar-refractivity contribution in [3.63, 3.8) is 0 Å². The topological polar surface area (TPSA) is 73.0 Å². The van der Waals surface area contributed by atoms with Crippen LogP contribution in [0.3, 0.4) is 0 Å². The summed E-state index contributed by atoms with van der Waals surface area (Å²) in [5.41, 5.74) is 4.11. The summed E-state index contributed by atoms with van der Waals surface area (Å²) in [4.78, 5) is 10.5. The molecule has 6 nitrogen and oxygen atoms in total. The van der Waals surface area contributed by atoms with Crippen LogP contribution in [-0.2, 0) is 6.42 Å². The summed E-state index contributed by atoms with van der Waals surface area (Å²) in [5, 5.41) is 19.2. The van der Waals surface area contributed by atoms with Gasteiger partial charge in [0, 0.05) is 34.3 Å². The molecule has 0 saturated carbocycles. The molecule has 1 aromatic heterocycles. The van der Waals surface area contributed by atoms with Crippen molar-refractivity contribution >= 4 is 27.4 Å². The number of benzene rings is 2. The summed E-state index contributed by atoms with van der Waals surface area (Å²) >= 11 is 3.47. The minimum atomic E-state index is -0.390. The summed E-state index contributed by atoms with van der Waals surface area (Å²) in [5.74, 6) is 0.981. The van der Waals surface area contributed by atoms with Crippen molar-refractivity contribution in [3.05, 3.63) is 68.7 Å². The molecule has 0 radical (unpaired) electrons. The Balaban J connectivity index is 1.84. The van der Waals surface area contributed by atoms with Gasteiger partial charge in [-0.25, -0.2) is 4.68 Å². The smallest absolute Gasteiger partial charge is 0.269 e. The molecular formula is C19H17BrN4O2. The number of halogens is 1. The van der Waals surface area contributed by atoms with E-state index in [2.05, 4.69) is 33.4 Å². The Bertz CT molecular complexity index is 949. The summed E-state index contributed by atoms with van der Waals surface area (Å²) in [6.07, 6.45) is 3.17. The summed E-state index contributed by atoms with van der Waals surface area (Å²) in [6, 6.07) is 14.6. The highest BCUT2D eigenvalue weighted by Gasteiger charge is 2.22. The van der Waals surface area contributed by atoms with Crippen molar-refractivity contribution in [1.82, 2.24) is 9.78 Å². The predicted molar refractivity (Wildman–Crippen MR) is 105 cm³/mol. The lowest BCUT2D eigenvalue weighted by molar-refractivity contribution is -0.384. The molecule has 1 aliphatic rings. The zero-order valence-electron chi connectivity index (χ0n) is 14.0. The highest BCUT2D eigenvalue weighted by atomic mass is 79.9. The van der Waals surface area contributed by atoms with E-state index < -0.39 is 0 Å². The van der Waals surface area contributed by atoms with Gasteiger partial charge in [-0.3, -0.25) is 10.1 Å². The lowest BCUT2D eigenvalue weighted by Gasteiger charge is -2.09. The summed E-state index contributed by atoms with van der Waals surface area (Å²) in [6.45, 7) is 0.894. The molecule has 3 aromatic rings. The number of aromatic nitrogens is 2. The van der Waals surface area contributed by atoms with Crippen molar-refractivity contribution in [3.8, 4) is 16.9 Å². The third kappa shape index (κ3) is 3.10. The zero-order valence-corrected chi connectivity index (χ0v) is 15.6. The fourth-order valence-corrected chi connectivity index (χ4v) is 3.51. The van der Waals surface area contributed by atoms with E-state index in [0.717, 1.165) is 53.0 Å². The van der Waals surface area contributed by atoms with Crippen LogP contribution in [0, 0.1) is 10.1 Å². The van der Waals surface area contributed by atoms with Crippen LogP contribution in [0.2, 0.25) is 0 Å². The molecule has 1 N–H and O–H groups in total. The lowest BCUT2D eigenvalue weighted by atomic mass is 10.0. The van der Waals surface area contributed by atoms with Crippen LogP contribution >= 0.6 is 15.9 Å². The fraction of sp³-hybridized carbons (Fsp3) is 0.211. The van der Waals surface area contributed by atoms with E-state index in [1.165, 1.54) is 17.7 Å². The van der Waals surface area contributed by atoms with E-state index in [4.69, 9.17) is 5.10 Å².